The maximum atomic E-state index is 5.55. The van der Waals surface area contributed by atoms with Crippen LogP contribution in [0.25, 0.3) is 0 Å². The molecule has 2 heteroatoms. The minimum Gasteiger partial charge on any atom is -0.378 e. The van der Waals surface area contributed by atoms with Crippen LogP contribution in [0.3, 0.4) is 0 Å². The maximum Gasteiger partial charge on any atom is 0.0588 e. The van der Waals surface area contributed by atoms with Gasteiger partial charge in [-0.05, 0) is 32.2 Å². The second-order valence-electron chi connectivity index (χ2n) is 3.89. The summed E-state index contributed by atoms with van der Waals surface area (Å²) in [5.74, 6) is 2.70. The first kappa shape index (κ1) is 11.6. The Bertz CT molecular complexity index is 179. The first-order chi connectivity index (χ1) is 6.86. The molecule has 2 atom stereocenters. The van der Waals surface area contributed by atoms with Gasteiger partial charge in [0.1, 0.15) is 0 Å². The van der Waals surface area contributed by atoms with Crippen LogP contribution >= 0.6 is 0 Å². The highest BCUT2D eigenvalue weighted by Gasteiger charge is 2.15. The molecule has 0 amide bonds. The van der Waals surface area contributed by atoms with Crippen molar-refractivity contribution < 1.29 is 4.74 Å². The lowest BCUT2D eigenvalue weighted by Gasteiger charge is -2.15. The molecule has 0 aromatic carbocycles. The van der Waals surface area contributed by atoms with Gasteiger partial charge in [-0.25, -0.2) is 0 Å². The lowest BCUT2D eigenvalue weighted by molar-refractivity contribution is 0.103. The third-order valence-corrected chi connectivity index (χ3v) is 2.78. The quantitative estimate of drug-likeness (QED) is 0.654. The van der Waals surface area contributed by atoms with Gasteiger partial charge in [0.25, 0.3) is 0 Å². The maximum absolute atomic E-state index is 5.55. The first-order valence-corrected chi connectivity index (χ1v) is 5.65. The van der Waals surface area contributed by atoms with Crippen LogP contribution in [0.15, 0.2) is 0 Å². The number of terminal acetylenes is 1. The average Bonchev–Trinajstić information content (AvgIpc) is 2.69. The van der Waals surface area contributed by atoms with Crippen molar-refractivity contribution in [2.75, 3.05) is 13.2 Å². The zero-order valence-electron chi connectivity index (χ0n) is 9.09. The fourth-order valence-electron chi connectivity index (χ4n) is 1.82. The molecule has 1 fully saturated rings. The summed E-state index contributed by atoms with van der Waals surface area (Å²) in [7, 11) is 0. The summed E-state index contributed by atoms with van der Waals surface area (Å²) in [5, 5.41) is 3.47. The fraction of sp³-hybridized carbons (Fsp3) is 0.833. The predicted molar refractivity (Wildman–Crippen MR) is 59.1 cm³/mol. The van der Waals surface area contributed by atoms with E-state index in [1.807, 2.05) is 0 Å². The molecule has 0 saturated carbocycles. The van der Waals surface area contributed by atoms with Crippen molar-refractivity contribution >= 4 is 0 Å². The molecule has 0 radical (unpaired) electrons. The van der Waals surface area contributed by atoms with Gasteiger partial charge in [-0.2, -0.15) is 0 Å². The van der Waals surface area contributed by atoms with E-state index in [-0.39, 0.29) is 0 Å². The van der Waals surface area contributed by atoms with Crippen LogP contribution in [0, 0.1) is 12.3 Å². The van der Waals surface area contributed by atoms with Crippen molar-refractivity contribution in [3.8, 4) is 12.3 Å². The Hall–Kier alpha value is -0.520. The predicted octanol–water partition coefficient (Wildman–Crippen LogP) is 1.95. The van der Waals surface area contributed by atoms with Crippen molar-refractivity contribution in [3.05, 3.63) is 0 Å². The van der Waals surface area contributed by atoms with Gasteiger partial charge in [-0.15, -0.1) is 12.3 Å². The van der Waals surface area contributed by atoms with Crippen LogP contribution in [0.1, 0.15) is 39.0 Å². The molecule has 1 heterocycles. The lowest BCUT2D eigenvalue weighted by atomic mass is 10.1. The number of hydrogen-bond donors (Lipinski definition) is 1. The standard InChI is InChI=1S/C12H21NO/c1-3-6-11(4-2)13-9-8-12-7-5-10-14-12/h1,11-13H,4-10H2,2H3. The summed E-state index contributed by atoms with van der Waals surface area (Å²) < 4.78 is 5.55. The van der Waals surface area contributed by atoms with Crippen molar-refractivity contribution in [1.29, 1.82) is 0 Å². The third-order valence-electron chi connectivity index (χ3n) is 2.78. The Morgan fingerprint density at radius 2 is 2.50 bits per heavy atom. The van der Waals surface area contributed by atoms with E-state index < -0.39 is 0 Å². The first-order valence-electron chi connectivity index (χ1n) is 5.65. The van der Waals surface area contributed by atoms with Crippen LogP contribution in [0.4, 0.5) is 0 Å². The van der Waals surface area contributed by atoms with E-state index >= 15 is 0 Å². The Morgan fingerprint density at radius 1 is 1.64 bits per heavy atom. The summed E-state index contributed by atoms with van der Waals surface area (Å²) >= 11 is 0. The zero-order valence-corrected chi connectivity index (χ0v) is 9.09. The summed E-state index contributed by atoms with van der Waals surface area (Å²) in [6.45, 7) is 4.15. The molecule has 14 heavy (non-hydrogen) atoms. The van der Waals surface area contributed by atoms with Crippen LogP contribution in [0.5, 0.6) is 0 Å². The summed E-state index contributed by atoms with van der Waals surface area (Å²) in [6, 6.07) is 0.487. The second-order valence-corrected chi connectivity index (χ2v) is 3.89. The van der Waals surface area contributed by atoms with E-state index in [0.717, 1.165) is 32.4 Å². The van der Waals surface area contributed by atoms with Gasteiger partial charge < -0.3 is 10.1 Å². The van der Waals surface area contributed by atoms with Crippen molar-refractivity contribution in [2.24, 2.45) is 0 Å². The van der Waals surface area contributed by atoms with Gasteiger partial charge in [-0.1, -0.05) is 6.92 Å². The van der Waals surface area contributed by atoms with Crippen molar-refractivity contribution in [2.45, 2.75) is 51.2 Å². The smallest absolute Gasteiger partial charge is 0.0588 e. The molecular weight excluding hydrogens is 174 g/mol. The van der Waals surface area contributed by atoms with Gasteiger partial charge in [0.2, 0.25) is 0 Å². The number of rotatable bonds is 6. The van der Waals surface area contributed by atoms with E-state index in [2.05, 4.69) is 18.2 Å². The summed E-state index contributed by atoms with van der Waals surface area (Å²) in [6.07, 6.45) is 11.3. The molecule has 1 N–H and O–H groups in total. The van der Waals surface area contributed by atoms with Gasteiger partial charge in [0.15, 0.2) is 0 Å². The van der Waals surface area contributed by atoms with Crippen molar-refractivity contribution in [3.63, 3.8) is 0 Å². The average molecular weight is 195 g/mol. The summed E-state index contributed by atoms with van der Waals surface area (Å²) in [5.41, 5.74) is 0. The molecule has 1 aliphatic heterocycles. The molecule has 1 rings (SSSR count). The molecule has 0 aromatic heterocycles. The molecule has 0 bridgehead atoms. The largest absolute Gasteiger partial charge is 0.378 e. The SMILES string of the molecule is C#CCC(CC)NCCC1CCCO1. The zero-order chi connectivity index (χ0) is 10.2. The molecule has 0 aliphatic carbocycles. The van der Waals surface area contributed by atoms with Gasteiger partial charge in [0, 0.05) is 19.1 Å². The number of nitrogens with one attached hydrogen (secondary N) is 1. The van der Waals surface area contributed by atoms with E-state index in [1.165, 1.54) is 12.8 Å². The number of hydrogen-bond acceptors (Lipinski definition) is 2. The highest BCUT2D eigenvalue weighted by Crippen LogP contribution is 2.14. The van der Waals surface area contributed by atoms with Crippen LogP contribution in [-0.4, -0.2) is 25.3 Å². The highest BCUT2D eigenvalue weighted by atomic mass is 16.5. The van der Waals surface area contributed by atoms with E-state index in [9.17, 15) is 0 Å². The second kappa shape index (κ2) is 6.86. The Balaban J connectivity index is 2.03. The fourth-order valence-corrected chi connectivity index (χ4v) is 1.82. The Kier molecular flexibility index (Phi) is 5.66. The molecule has 0 aromatic rings. The molecule has 2 unspecified atom stereocenters. The van der Waals surface area contributed by atoms with Crippen LogP contribution in [0.2, 0.25) is 0 Å². The molecule has 0 spiro atoms. The minimum absolute atomic E-state index is 0.487. The Morgan fingerprint density at radius 3 is 3.07 bits per heavy atom. The van der Waals surface area contributed by atoms with E-state index in [0.29, 0.717) is 12.1 Å². The van der Waals surface area contributed by atoms with Gasteiger partial charge in [0.05, 0.1) is 6.10 Å². The topological polar surface area (TPSA) is 21.3 Å². The van der Waals surface area contributed by atoms with Crippen LogP contribution in [-0.2, 0) is 4.74 Å². The molecule has 80 valence electrons. The molecule has 2 nitrogen and oxygen atoms in total. The molecule has 1 saturated heterocycles. The molecule has 1 aliphatic rings. The lowest BCUT2D eigenvalue weighted by Crippen LogP contribution is -2.30. The highest BCUT2D eigenvalue weighted by molar-refractivity contribution is 4.89. The molecular formula is C12H21NO. The van der Waals surface area contributed by atoms with Gasteiger partial charge in [-0.3, -0.25) is 0 Å². The summed E-state index contributed by atoms with van der Waals surface area (Å²) in [4.78, 5) is 0. The van der Waals surface area contributed by atoms with Crippen LogP contribution < -0.4 is 5.32 Å². The van der Waals surface area contributed by atoms with Crippen molar-refractivity contribution in [1.82, 2.24) is 5.32 Å². The Labute approximate surface area is 87.4 Å². The third kappa shape index (κ3) is 4.13. The van der Waals surface area contributed by atoms with Gasteiger partial charge >= 0.3 is 0 Å². The monoisotopic (exact) mass is 195 g/mol. The van der Waals surface area contributed by atoms with E-state index in [1.54, 1.807) is 0 Å². The minimum atomic E-state index is 0.487. The normalized spacial score (nSPS) is 23.3. The van der Waals surface area contributed by atoms with E-state index in [4.69, 9.17) is 11.2 Å². The number of ether oxygens (including phenoxy) is 1.